The van der Waals surface area contributed by atoms with E-state index in [0.717, 1.165) is 5.06 Å². The molecule has 2 amide bonds. The molecule has 5 nitrogen and oxygen atoms in total. The molecule has 0 aliphatic rings. The van der Waals surface area contributed by atoms with Gasteiger partial charge in [0.15, 0.2) is 0 Å². The molecule has 1 N–H and O–H groups in total. The van der Waals surface area contributed by atoms with Gasteiger partial charge in [0.05, 0.1) is 17.6 Å². The third kappa shape index (κ3) is 5.58. The second kappa shape index (κ2) is 9.06. The highest BCUT2D eigenvalue weighted by molar-refractivity contribution is 6.31. The Bertz CT molecular complexity index is 830. The first-order chi connectivity index (χ1) is 12.7. The predicted molar refractivity (Wildman–Crippen MR) is 103 cm³/mol. The van der Waals surface area contributed by atoms with Gasteiger partial charge in [-0.1, -0.05) is 41.9 Å². The quantitative estimate of drug-likeness (QED) is 0.539. The number of nitrogens with one attached hydrogen (secondary N) is 1. The number of hydrogen-bond acceptors (Lipinski definition) is 3. The van der Waals surface area contributed by atoms with Crippen molar-refractivity contribution in [3.63, 3.8) is 0 Å². The van der Waals surface area contributed by atoms with E-state index in [1.807, 2.05) is 0 Å². The molecule has 144 valence electrons. The van der Waals surface area contributed by atoms with Gasteiger partial charge in [0.1, 0.15) is 5.82 Å². The summed E-state index contributed by atoms with van der Waals surface area (Å²) in [4.78, 5) is 30.2. The summed E-state index contributed by atoms with van der Waals surface area (Å²) in [6, 6.07) is 12.5. The van der Waals surface area contributed by atoms with Gasteiger partial charge in [0.2, 0.25) is 0 Å². The number of halogens is 3. The van der Waals surface area contributed by atoms with Crippen LogP contribution in [0.3, 0.4) is 0 Å². The Morgan fingerprint density at radius 1 is 1.15 bits per heavy atom. The number of hydrogen-bond donors (Lipinski definition) is 1. The van der Waals surface area contributed by atoms with Crippen LogP contribution in [-0.4, -0.2) is 22.9 Å². The lowest BCUT2D eigenvalue weighted by Gasteiger charge is -2.29. The molecule has 0 heterocycles. The van der Waals surface area contributed by atoms with E-state index in [4.69, 9.17) is 28.0 Å². The van der Waals surface area contributed by atoms with Crippen molar-refractivity contribution in [2.24, 2.45) is 5.41 Å². The van der Waals surface area contributed by atoms with Crippen LogP contribution in [0.15, 0.2) is 48.5 Å². The number of carbonyl (C=O) groups excluding carboxylic acids is 2. The van der Waals surface area contributed by atoms with Crippen molar-refractivity contribution in [1.29, 1.82) is 0 Å². The molecular weight excluding hydrogens is 394 g/mol. The number of benzene rings is 2. The molecule has 2 aromatic rings. The maximum absolute atomic E-state index is 13.7. The van der Waals surface area contributed by atoms with Crippen molar-refractivity contribution in [3.05, 3.63) is 64.9 Å². The minimum Gasteiger partial charge on any atom is -0.318 e. The normalized spacial score (nSPS) is 11.0. The van der Waals surface area contributed by atoms with Crippen molar-refractivity contribution in [2.75, 3.05) is 11.2 Å². The highest BCUT2D eigenvalue weighted by Gasteiger charge is 2.34. The summed E-state index contributed by atoms with van der Waals surface area (Å²) < 4.78 is 13.7. The number of carbonyl (C=O) groups is 2. The predicted octanol–water partition coefficient (Wildman–Crippen LogP) is 5.24. The van der Waals surface area contributed by atoms with E-state index in [1.54, 1.807) is 44.2 Å². The average Bonchev–Trinajstić information content (AvgIpc) is 2.64. The zero-order valence-electron chi connectivity index (χ0n) is 14.8. The minimum atomic E-state index is -1.01. The lowest BCUT2D eigenvalue weighted by atomic mass is 9.95. The van der Waals surface area contributed by atoms with Gasteiger partial charge in [-0.3, -0.25) is 10.1 Å². The number of hydroxylamine groups is 2. The number of anilines is 1. The van der Waals surface area contributed by atoms with Crippen LogP contribution in [0, 0.1) is 11.2 Å². The van der Waals surface area contributed by atoms with Crippen LogP contribution in [0.1, 0.15) is 19.4 Å². The molecule has 27 heavy (non-hydrogen) atoms. The third-order valence-corrected chi connectivity index (χ3v) is 4.75. The first-order valence-corrected chi connectivity index (χ1v) is 9.00. The summed E-state index contributed by atoms with van der Waals surface area (Å²) in [6.07, 6.45) is -1.01. The van der Waals surface area contributed by atoms with Crippen LogP contribution in [0.2, 0.25) is 5.02 Å². The lowest BCUT2D eigenvalue weighted by Crippen LogP contribution is -2.43. The second-order valence-electron chi connectivity index (χ2n) is 6.43. The summed E-state index contributed by atoms with van der Waals surface area (Å²) in [7, 11) is 0. The molecule has 0 aliphatic heterocycles. The highest BCUT2D eigenvalue weighted by atomic mass is 35.5. The Balaban J connectivity index is 2.21. The molecule has 0 fully saturated rings. The van der Waals surface area contributed by atoms with Gasteiger partial charge < -0.3 is 4.84 Å². The van der Waals surface area contributed by atoms with Crippen molar-refractivity contribution >= 4 is 40.9 Å². The summed E-state index contributed by atoms with van der Waals surface area (Å²) in [6.45, 7) is 3.17. The molecule has 0 aliphatic carbocycles. The van der Waals surface area contributed by atoms with Crippen LogP contribution in [0.5, 0.6) is 0 Å². The van der Waals surface area contributed by atoms with Gasteiger partial charge in [-0.2, -0.15) is 5.06 Å². The maximum Gasteiger partial charge on any atom is 0.436 e. The maximum atomic E-state index is 13.7. The molecule has 8 heteroatoms. The number of para-hydroxylation sites is 1. The third-order valence-electron chi connectivity index (χ3n) is 3.72. The van der Waals surface area contributed by atoms with E-state index in [0.29, 0.717) is 10.6 Å². The molecule has 2 aromatic carbocycles. The van der Waals surface area contributed by atoms with Crippen molar-refractivity contribution in [1.82, 2.24) is 5.06 Å². The van der Waals surface area contributed by atoms with Crippen LogP contribution in [0.25, 0.3) is 0 Å². The van der Waals surface area contributed by atoms with Crippen LogP contribution < -0.4 is 5.32 Å². The van der Waals surface area contributed by atoms with Crippen LogP contribution in [-0.2, 0) is 16.2 Å². The van der Waals surface area contributed by atoms with E-state index < -0.39 is 23.2 Å². The average molecular weight is 413 g/mol. The zero-order valence-corrected chi connectivity index (χ0v) is 16.4. The molecule has 0 spiro atoms. The van der Waals surface area contributed by atoms with Crippen molar-refractivity contribution in [3.8, 4) is 0 Å². The summed E-state index contributed by atoms with van der Waals surface area (Å²) in [5.41, 5.74) is -0.470. The van der Waals surface area contributed by atoms with Crippen LogP contribution >= 0.6 is 23.2 Å². The standard InChI is InChI=1S/C19H19Cl2FN2O3/c1-19(2,12-20)17(25)24(11-13-7-3-4-8-14(13)21)27-18(26)23-16-10-6-5-9-15(16)22/h3-10H,11-12H2,1-2H3,(H,23,26). The van der Waals surface area contributed by atoms with Gasteiger partial charge in [0, 0.05) is 10.9 Å². The number of alkyl halides is 1. The Labute approximate surface area is 167 Å². The van der Waals surface area contributed by atoms with Gasteiger partial charge in [-0.25, -0.2) is 9.18 Å². The topological polar surface area (TPSA) is 58.6 Å². The van der Waals surface area contributed by atoms with Gasteiger partial charge in [0.25, 0.3) is 5.91 Å². The van der Waals surface area contributed by atoms with E-state index in [9.17, 15) is 14.0 Å². The molecule has 0 atom stereocenters. The largest absolute Gasteiger partial charge is 0.436 e. The second-order valence-corrected chi connectivity index (χ2v) is 7.11. The minimum absolute atomic E-state index is 0.0170. The number of rotatable bonds is 5. The fourth-order valence-electron chi connectivity index (χ4n) is 2.12. The van der Waals surface area contributed by atoms with Crippen molar-refractivity contribution in [2.45, 2.75) is 20.4 Å². The SMILES string of the molecule is CC(C)(CCl)C(=O)N(Cc1ccccc1Cl)OC(=O)Nc1ccccc1F. The van der Waals surface area contributed by atoms with Gasteiger partial charge in [-0.05, 0) is 37.6 Å². The first-order valence-electron chi connectivity index (χ1n) is 8.09. The molecule has 0 saturated carbocycles. The fourth-order valence-corrected chi connectivity index (χ4v) is 2.43. The van der Waals surface area contributed by atoms with E-state index in [2.05, 4.69) is 5.32 Å². The van der Waals surface area contributed by atoms with Crippen molar-refractivity contribution < 1.29 is 18.8 Å². The molecule has 0 radical (unpaired) electrons. The van der Waals surface area contributed by atoms with E-state index >= 15 is 0 Å². The van der Waals surface area contributed by atoms with E-state index in [-0.39, 0.29) is 18.1 Å². The summed E-state index contributed by atoms with van der Waals surface area (Å²) in [5, 5.41) is 3.56. The Kier molecular flexibility index (Phi) is 7.05. The molecule has 0 aromatic heterocycles. The fraction of sp³-hybridized carbons (Fsp3) is 0.263. The van der Waals surface area contributed by atoms with E-state index in [1.165, 1.54) is 18.2 Å². The molecular formula is C19H19Cl2FN2O3. The monoisotopic (exact) mass is 412 g/mol. The highest BCUT2D eigenvalue weighted by Crippen LogP contribution is 2.25. The summed E-state index contributed by atoms with van der Waals surface area (Å²) in [5.74, 6) is -1.12. The molecule has 0 unspecified atom stereocenters. The van der Waals surface area contributed by atoms with Gasteiger partial charge >= 0.3 is 6.09 Å². The molecule has 2 rings (SSSR count). The smallest absolute Gasteiger partial charge is 0.318 e. The zero-order chi connectivity index (χ0) is 20.0. The first kappa shape index (κ1) is 21.0. The van der Waals surface area contributed by atoms with Gasteiger partial charge in [-0.15, -0.1) is 11.6 Å². The Morgan fingerprint density at radius 2 is 1.78 bits per heavy atom. The summed E-state index contributed by atoms with van der Waals surface area (Å²) >= 11 is 12.0. The number of nitrogens with zero attached hydrogens (tertiary/aromatic N) is 1. The molecule has 0 bridgehead atoms. The lowest BCUT2D eigenvalue weighted by molar-refractivity contribution is -0.176. The molecule has 0 saturated heterocycles. The number of amides is 2. The Hall–Kier alpha value is -2.31. The Morgan fingerprint density at radius 3 is 2.41 bits per heavy atom. The van der Waals surface area contributed by atoms with Crippen LogP contribution in [0.4, 0.5) is 14.9 Å².